The molecule has 5 amide bonds. The number of alkyl carbamates (subject to hydrolysis) is 1. The fourth-order valence-corrected chi connectivity index (χ4v) is 5.64. The Bertz CT molecular complexity index is 1450. The molecule has 0 aliphatic rings. The highest BCUT2D eigenvalue weighted by Crippen LogP contribution is 2.15. The molecule has 0 aliphatic heterocycles. The quantitative estimate of drug-likeness (QED) is 0.0943. The van der Waals surface area contributed by atoms with E-state index in [-0.39, 0.29) is 37.2 Å². The number of aliphatic hydroxyl groups excluding tert-OH is 2. The maximum absolute atomic E-state index is 13.7. The van der Waals surface area contributed by atoms with E-state index in [2.05, 4.69) is 26.6 Å². The van der Waals surface area contributed by atoms with Gasteiger partial charge in [-0.25, -0.2) is 4.79 Å². The molecule has 0 saturated heterocycles. The second-order valence-corrected chi connectivity index (χ2v) is 14.7. The Morgan fingerprint density at radius 1 is 0.698 bits per heavy atom. The Morgan fingerprint density at radius 3 is 1.89 bits per heavy atom. The number of ether oxygens (including phenoxy) is 1. The number of amides is 5. The normalized spacial score (nSPS) is 14.7. The van der Waals surface area contributed by atoms with E-state index in [0.717, 1.165) is 5.56 Å². The van der Waals surface area contributed by atoms with Crippen LogP contribution in [0.4, 0.5) is 4.79 Å². The van der Waals surface area contributed by atoms with Crippen molar-refractivity contribution in [1.82, 2.24) is 26.6 Å². The Hall–Kier alpha value is -4.69. The molecule has 14 nitrogen and oxygen atoms in total. The van der Waals surface area contributed by atoms with E-state index in [0.29, 0.717) is 18.4 Å². The maximum Gasteiger partial charge on any atom is 0.408 e. The average Bonchev–Trinajstić information content (AvgIpc) is 3.09. The van der Waals surface area contributed by atoms with Gasteiger partial charge in [0.05, 0.1) is 31.2 Å². The van der Waals surface area contributed by atoms with Crippen molar-refractivity contribution in [2.45, 2.75) is 117 Å². The van der Waals surface area contributed by atoms with Gasteiger partial charge >= 0.3 is 6.09 Å². The number of phenolic OH excluding ortho intramolecular Hbond substituents is 1. The number of benzene rings is 2. The zero-order valence-electron chi connectivity index (χ0n) is 31.9. The molecule has 0 aromatic heterocycles. The highest BCUT2D eigenvalue weighted by Gasteiger charge is 2.33. The molecular weight excluding hydrogens is 682 g/mol. The summed E-state index contributed by atoms with van der Waals surface area (Å²) in [6, 6.07) is 10.6. The molecule has 0 spiro atoms. The van der Waals surface area contributed by atoms with Gasteiger partial charge in [0.2, 0.25) is 23.6 Å². The first kappa shape index (κ1) is 44.5. The molecule has 2 rings (SSSR count). The van der Waals surface area contributed by atoms with Crippen LogP contribution in [0.15, 0.2) is 54.6 Å². The van der Waals surface area contributed by atoms with Crippen LogP contribution in [-0.4, -0.2) is 88.0 Å². The minimum atomic E-state index is -1.32. The molecule has 2 aromatic carbocycles. The monoisotopic (exact) mass is 741 g/mol. The molecule has 0 bridgehead atoms. The Morgan fingerprint density at radius 2 is 1.32 bits per heavy atom. The summed E-state index contributed by atoms with van der Waals surface area (Å²) >= 11 is 0. The van der Waals surface area contributed by atoms with Gasteiger partial charge in [0.1, 0.15) is 30.5 Å². The van der Waals surface area contributed by atoms with Gasteiger partial charge in [-0.05, 0) is 60.8 Å². The van der Waals surface area contributed by atoms with Gasteiger partial charge in [0.25, 0.3) is 0 Å². The lowest BCUT2D eigenvalue weighted by Crippen LogP contribution is -2.58. The molecule has 294 valence electrons. The van der Waals surface area contributed by atoms with Gasteiger partial charge < -0.3 is 46.6 Å². The van der Waals surface area contributed by atoms with E-state index >= 15 is 0 Å². The topological polar surface area (TPSA) is 215 Å². The molecule has 2 aromatic rings. The summed E-state index contributed by atoms with van der Waals surface area (Å²) in [6.07, 6.45) is -1.68. The van der Waals surface area contributed by atoms with Crippen molar-refractivity contribution in [1.29, 1.82) is 0 Å². The van der Waals surface area contributed by atoms with Gasteiger partial charge in [-0.2, -0.15) is 0 Å². The first-order valence-electron chi connectivity index (χ1n) is 18.2. The number of carbonyl (C=O) groups excluding carboxylic acids is 5. The molecular formula is C39H59N5O9. The van der Waals surface area contributed by atoms with Crippen LogP contribution in [0.1, 0.15) is 78.9 Å². The zero-order chi connectivity index (χ0) is 39.7. The molecule has 0 heterocycles. The van der Waals surface area contributed by atoms with Crippen LogP contribution in [-0.2, 0) is 36.9 Å². The van der Waals surface area contributed by atoms with Crippen LogP contribution in [0.2, 0.25) is 0 Å². The minimum Gasteiger partial charge on any atom is -0.508 e. The molecule has 53 heavy (non-hydrogen) atoms. The van der Waals surface area contributed by atoms with Gasteiger partial charge in [0, 0.05) is 6.42 Å². The smallest absolute Gasteiger partial charge is 0.408 e. The third kappa shape index (κ3) is 16.7. The SMILES string of the molecule is CC(C)CC(NC(=O)[C@@H](NC(=O)[C@H](Cc1ccc(O)cc1)NC(=O)OCc1ccccc1)C(C)C)[C@@H](O)CC(=O)N[C@@H](C)C(=O)N[C@H](CO)CC(C)C. The van der Waals surface area contributed by atoms with E-state index < -0.39 is 78.4 Å². The number of aliphatic hydroxyl groups is 2. The number of carbonyl (C=O) groups is 5. The van der Waals surface area contributed by atoms with Crippen molar-refractivity contribution in [2.24, 2.45) is 17.8 Å². The number of nitrogens with one attached hydrogen (secondary N) is 5. The summed E-state index contributed by atoms with van der Waals surface area (Å²) in [5.74, 6) is -2.48. The molecule has 6 atom stereocenters. The van der Waals surface area contributed by atoms with Crippen molar-refractivity contribution < 1.29 is 44.0 Å². The molecule has 1 unspecified atom stereocenters. The zero-order valence-corrected chi connectivity index (χ0v) is 31.9. The third-order valence-electron chi connectivity index (χ3n) is 8.45. The molecule has 0 fully saturated rings. The number of hydrogen-bond acceptors (Lipinski definition) is 9. The van der Waals surface area contributed by atoms with Crippen molar-refractivity contribution in [3.05, 3.63) is 65.7 Å². The maximum atomic E-state index is 13.7. The first-order chi connectivity index (χ1) is 25.0. The lowest BCUT2D eigenvalue weighted by Gasteiger charge is -2.30. The largest absolute Gasteiger partial charge is 0.508 e. The second kappa shape index (κ2) is 22.4. The molecule has 0 radical (unpaired) electrons. The standard InChI is InChI=1S/C39H59N5O9/c1-23(2)17-29(21-45)41-36(49)26(7)40-34(48)20-33(47)31(18-24(3)4)42-38(51)35(25(5)6)44-37(50)32(19-27-13-15-30(46)16-14-27)43-39(52)53-22-28-11-9-8-10-12-28/h8-16,23-26,29,31-33,35,45-47H,17-22H2,1-7H3,(H,40,48)(H,41,49)(H,42,51)(H,43,52)(H,44,50)/t26-,29-,31?,32-,33-,35-/m0/s1. The Balaban J connectivity index is 2.13. The van der Waals surface area contributed by atoms with E-state index in [1.807, 2.05) is 33.8 Å². The summed E-state index contributed by atoms with van der Waals surface area (Å²) in [7, 11) is 0. The summed E-state index contributed by atoms with van der Waals surface area (Å²) in [5.41, 5.74) is 1.38. The van der Waals surface area contributed by atoms with E-state index in [4.69, 9.17) is 4.74 Å². The molecule has 0 saturated carbocycles. The minimum absolute atomic E-state index is 0.00645. The fraction of sp³-hybridized carbons (Fsp3) is 0.564. The van der Waals surface area contributed by atoms with E-state index in [1.54, 1.807) is 50.2 Å². The lowest BCUT2D eigenvalue weighted by molar-refractivity contribution is -0.133. The first-order valence-corrected chi connectivity index (χ1v) is 18.2. The third-order valence-corrected chi connectivity index (χ3v) is 8.45. The molecule has 14 heteroatoms. The van der Waals surface area contributed by atoms with Crippen molar-refractivity contribution >= 4 is 29.7 Å². The second-order valence-electron chi connectivity index (χ2n) is 14.7. The van der Waals surface area contributed by atoms with Crippen molar-refractivity contribution in [3.63, 3.8) is 0 Å². The van der Waals surface area contributed by atoms with Gasteiger partial charge in [-0.3, -0.25) is 19.2 Å². The van der Waals surface area contributed by atoms with Crippen LogP contribution >= 0.6 is 0 Å². The lowest BCUT2D eigenvalue weighted by atomic mass is 9.95. The van der Waals surface area contributed by atoms with Crippen molar-refractivity contribution in [2.75, 3.05) is 6.61 Å². The van der Waals surface area contributed by atoms with Crippen LogP contribution in [0.3, 0.4) is 0 Å². The van der Waals surface area contributed by atoms with Gasteiger partial charge in [-0.15, -0.1) is 0 Å². The molecule has 0 aliphatic carbocycles. The molecule has 8 N–H and O–H groups in total. The van der Waals surface area contributed by atoms with Gasteiger partial charge in [0.15, 0.2) is 0 Å². The number of phenols is 1. The van der Waals surface area contributed by atoms with E-state index in [9.17, 15) is 39.3 Å². The Labute approximate surface area is 312 Å². The predicted octanol–water partition coefficient (Wildman–Crippen LogP) is 2.68. The number of rotatable bonds is 21. The van der Waals surface area contributed by atoms with Crippen LogP contribution in [0.25, 0.3) is 0 Å². The van der Waals surface area contributed by atoms with Crippen LogP contribution in [0, 0.1) is 17.8 Å². The summed E-state index contributed by atoms with van der Waals surface area (Å²) in [6.45, 7) is 12.4. The highest BCUT2D eigenvalue weighted by molar-refractivity contribution is 5.92. The fourth-order valence-electron chi connectivity index (χ4n) is 5.64. The summed E-state index contributed by atoms with van der Waals surface area (Å²) in [4.78, 5) is 65.8. The number of aromatic hydroxyl groups is 1. The highest BCUT2D eigenvalue weighted by atomic mass is 16.5. The Kier molecular flexibility index (Phi) is 18.8. The number of hydrogen-bond donors (Lipinski definition) is 8. The van der Waals surface area contributed by atoms with Crippen LogP contribution in [0.5, 0.6) is 5.75 Å². The predicted molar refractivity (Wildman–Crippen MR) is 200 cm³/mol. The van der Waals surface area contributed by atoms with Crippen LogP contribution < -0.4 is 26.6 Å². The van der Waals surface area contributed by atoms with E-state index in [1.165, 1.54) is 19.1 Å². The average molecular weight is 742 g/mol. The summed E-state index contributed by atoms with van der Waals surface area (Å²) in [5, 5.41) is 43.9. The van der Waals surface area contributed by atoms with Gasteiger partial charge in [-0.1, -0.05) is 84.0 Å². The van der Waals surface area contributed by atoms with Crippen molar-refractivity contribution in [3.8, 4) is 5.75 Å². The summed E-state index contributed by atoms with van der Waals surface area (Å²) < 4.78 is 5.34.